The largest absolute Gasteiger partial charge is 0.317 e. The lowest BCUT2D eigenvalue weighted by Gasteiger charge is -2.09. The Labute approximate surface area is 130 Å². The SMILES string of the molecule is Cc1cccc(C(=O)NC(=S)Nc2ccc(Br)cn2)c1. The molecule has 20 heavy (non-hydrogen) atoms. The second-order valence-electron chi connectivity index (χ2n) is 4.14. The molecule has 1 aromatic heterocycles. The molecule has 2 aromatic rings. The van der Waals surface area contributed by atoms with Gasteiger partial charge in [-0.25, -0.2) is 4.98 Å². The van der Waals surface area contributed by atoms with Crippen molar-refractivity contribution in [2.24, 2.45) is 0 Å². The second-order valence-corrected chi connectivity index (χ2v) is 5.46. The number of rotatable bonds is 2. The maximum absolute atomic E-state index is 12.0. The number of aromatic nitrogens is 1. The fourth-order valence-corrected chi connectivity index (χ4v) is 1.99. The zero-order valence-corrected chi connectivity index (χ0v) is 13.1. The van der Waals surface area contributed by atoms with Crippen LogP contribution in [0, 0.1) is 6.92 Å². The minimum absolute atomic E-state index is 0.214. The van der Waals surface area contributed by atoms with Crippen LogP contribution in [0.2, 0.25) is 0 Å². The summed E-state index contributed by atoms with van der Waals surface area (Å²) in [4.78, 5) is 16.1. The molecular formula is C14H12BrN3OS. The Morgan fingerprint density at radius 1 is 1.30 bits per heavy atom. The molecular weight excluding hydrogens is 338 g/mol. The summed E-state index contributed by atoms with van der Waals surface area (Å²) in [6.07, 6.45) is 1.65. The highest BCUT2D eigenvalue weighted by Crippen LogP contribution is 2.10. The fourth-order valence-electron chi connectivity index (χ4n) is 1.56. The zero-order chi connectivity index (χ0) is 14.5. The third-order valence-corrected chi connectivity index (χ3v) is 3.15. The van der Waals surface area contributed by atoms with Crippen LogP contribution >= 0.6 is 28.1 Å². The van der Waals surface area contributed by atoms with Gasteiger partial charge in [0.1, 0.15) is 5.82 Å². The third kappa shape index (κ3) is 4.11. The molecule has 102 valence electrons. The van der Waals surface area contributed by atoms with E-state index in [2.05, 4.69) is 31.5 Å². The van der Waals surface area contributed by atoms with Gasteiger partial charge in [0.05, 0.1) is 0 Å². The van der Waals surface area contributed by atoms with Crippen molar-refractivity contribution in [3.8, 4) is 0 Å². The van der Waals surface area contributed by atoms with Crippen molar-refractivity contribution in [3.63, 3.8) is 0 Å². The van der Waals surface area contributed by atoms with Crippen LogP contribution in [0.4, 0.5) is 5.82 Å². The molecule has 6 heteroatoms. The van der Waals surface area contributed by atoms with Crippen molar-refractivity contribution in [1.29, 1.82) is 0 Å². The molecule has 0 atom stereocenters. The summed E-state index contributed by atoms with van der Waals surface area (Å²) in [6, 6.07) is 10.9. The molecule has 0 aliphatic carbocycles. The Morgan fingerprint density at radius 2 is 2.10 bits per heavy atom. The summed E-state index contributed by atoms with van der Waals surface area (Å²) in [5.41, 5.74) is 1.59. The van der Waals surface area contributed by atoms with E-state index in [0.29, 0.717) is 11.4 Å². The number of nitrogens with one attached hydrogen (secondary N) is 2. The Bertz CT molecular complexity index is 643. The number of hydrogen-bond acceptors (Lipinski definition) is 3. The molecule has 1 heterocycles. The molecule has 2 N–H and O–H groups in total. The molecule has 0 saturated heterocycles. The van der Waals surface area contributed by atoms with Gasteiger partial charge in [-0.1, -0.05) is 17.7 Å². The molecule has 1 aromatic carbocycles. The average Bonchev–Trinajstić information content (AvgIpc) is 2.41. The van der Waals surface area contributed by atoms with Crippen LogP contribution in [0.15, 0.2) is 47.1 Å². The van der Waals surface area contributed by atoms with Gasteiger partial charge >= 0.3 is 0 Å². The number of carbonyl (C=O) groups is 1. The average molecular weight is 350 g/mol. The Morgan fingerprint density at radius 3 is 2.75 bits per heavy atom. The number of nitrogens with zero attached hydrogens (tertiary/aromatic N) is 1. The molecule has 0 unspecified atom stereocenters. The molecule has 0 aliphatic rings. The fraction of sp³-hybridized carbons (Fsp3) is 0.0714. The lowest BCUT2D eigenvalue weighted by atomic mass is 10.1. The molecule has 0 fully saturated rings. The van der Waals surface area contributed by atoms with Gasteiger partial charge in [-0.3, -0.25) is 10.1 Å². The van der Waals surface area contributed by atoms with Crippen molar-refractivity contribution >= 4 is 45.0 Å². The minimum Gasteiger partial charge on any atom is -0.317 e. The van der Waals surface area contributed by atoms with E-state index in [-0.39, 0.29) is 11.0 Å². The molecule has 0 aliphatic heterocycles. The van der Waals surface area contributed by atoms with Gasteiger partial charge in [-0.15, -0.1) is 0 Å². The molecule has 0 bridgehead atoms. The first-order chi connectivity index (χ1) is 9.54. The van der Waals surface area contributed by atoms with E-state index in [9.17, 15) is 4.79 Å². The highest BCUT2D eigenvalue weighted by Gasteiger charge is 2.08. The first-order valence-electron chi connectivity index (χ1n) is 5.85. The van der Waals surface area contributed by atoms with Crippen LogP contribution in [0.25, 0.3) is 0 Å². The topological polar surface area (TPSA) is 54.0 Å². The summed E-state index contributed by atoms with van der Waals surface area (Å²) in [5, 5.41) is 5.68. The highest BCUT2D eigenvalue weighted by atomic mass is 79.9. The van der Waals surface area contributed by atoms with E-state index >= 15 is 0 Å². The molecule has 4 nitrogen and oxygen atoms in total. The van der Waals surface area contributed by atoms with Crippen LogP contribution in [0.5, 0.6) is 0 Å². The van der Waals surface area contributed by atoms with Gasteiger partial charge in [0, 0.05) is 16.2 Å². The summed E-state index contributed by atoms with van der Waals surface area (Å²) in [7, 11) is 0. The standard InChI is InChI=1S/C14H12BrN3OS/c1-9-3-2-4-10(7-9)13(19)18-14(20)17-12-6-5-11(15)8-16-12/h2-8H,1H3,(H2,16,17,18,19,20). The number of aryl methyl sites for hydroxylation is 1. The Balaban J connectivity index is 1.97. The monoisotopic (exact) mass is 349 g/mol. The highest BCUT2D eigenvalue weighted by molar-refractivity contribution is 9.10. The van der Waals surface area contributed by atoms with Gasteiger partial charge in [-0.05, 0) is 59.3 Å². The summed E-state index contributed by atoms with van der Waals surface area (Å²) in [5.74, 6) is 0.325. The van der Waals surface area contributed by atoms with Crippen molar-refractivity contribution < 1.29 is 4.79 Å². The Kier molecular flexibility index (Phi) is 4.81. The first-order valence-corrected chi connectivity index (χ1v) is 7.05. The van der Waals surface area contributed by atoms with E-state index in [4.69, 9.17) is 12.2 Å². The minimum atomic E-state index is -0.247. The number of thiocarbonyl (C=S) groups is 1. The second kappa shape index (κ2) is 6.58. The maximum Gasteiger partial charge on any atom is 0.257 e. The zero-order valence-electron chi connectivity index (χ0n) is 10.7. The third-order valence-electron chi connectivity index (χ3n) is 2.48. The van der Waals surface area contributed by atoms with E-state index < -0.39 is 0 Å². The summed E-state index contributed by atoms with van der Waals surface area (Å²) in [6.45, 7) is 1.93. The van der Waals surface area contributed by atoms with Crippen molar-refractivity contribution in [1.82, 2.24) is 10.3 Å². The van der Waals surface area contributed by atoms with Crippen molar-refractivity contribution in [3.05, 3.63) is 58.2 Å². The van der Waals surface area contributed by atoms with Gasteiger partial charge in [0.25, 0.3) is 5.91 Å². The van der Waals surface area contributed by atoms with Gasteiger partial charge < -0.3 is 5.32 Å². The molecule has 1 amide bonds. The number of halogens is 1. The van der Waals surface area contributed by atoms with E-state index in [0.717, 1.165) is 10.0 Å². The van der Waals surface area contributed by atoms with Crippen LogP contribution in [-0.4, -0.2) is 16.0 Å². The van der Waals surface area contributed by atoms with Gasteiger partial charge in [-0.2, -0.15) is 0 Å². The predicted octanol–water partition coefficient (Wildman–Crippen LogP) is 3.28. The predicted molar refractivity (Wildman–Crippen MR) is 86.8 cm³/mol. The van der Waals surface area contributed by atoms with E-state index in [1.165, 1.54) is 0 Å². The van der Waals surface area contributed by atoms with Crippen LogP contribution in [0.3, 0.4) is 0 Å². The summed E-state index contributed by atoms with van der Waals surface area (Å²) >= 11 is 8.38. The van der Waals surface area contributed by atoms with Crippen LogP contribution in [0.1, 0.15) is 15.9 Å². The number of hydrogen-bond donors (Lipinski definition) is 2. The lowest BCUT2D eigenvalue weighted by molar-refractivity contribution is 0.0977. The number of pyridine rings is 1. The van der Waals surface area contributed by atoms with E-state index in [1.54, 1.807) is 24.4 Å². The quantitative estimate of drug-likeness (QED) is 0.817. The first kappa shape index (κ1) is 14.6. The maximum atomic E-state index is 12.0. The number of benzene rings is 1. The van der Waals surface area contributed by atoms with Gasteiger partial charge in [0.2, 0.25) is 0 Å². The molecule has 0 spiro atoms. The number of anilines is 1. The normalized spacial score (nSPS) is 9.90. The number of amides is 1. The van der Waals surface area contributed by atoms with Crippen molar-refractivity contribution in [2.75, 3.05) is 5.32 Å². The number of carbonyl (C=O) groups excluding carboxylic acids is 1. The van der Waals surface area contributed by atoms with E-state index in [1.807, 2.05) is 25.1 Å². The van der Waals surface area contributed by atoms with Gasteiger partial charge in [0.15, 0.2) is 5.11 Å². The smallest absolute Gasteiger partial charge is 0.257 e. The van der Waals surface area contributed by atoms with Crippen LogP contribution in [-0.2, 0) is 0 Å². The molecule has 0 radical (unpaired) electrons. The lowest BCUT2D eigenvalue weighted by Crippen LogP contribution is -2.34. The molecule has 2 rings (SSSR count). The van der Waals surface area contributed by atoms with Crippen molar-refractivity contribution in [2.45, 2.75) is 6.92 Å². The Hall–Kier alpha value is -1.79. The summed E-state index contributed by atoms with van der Waals surface area (Å²) < 4.78 is 0.873. The van der Waals surface area contributed by atoms with Crippen LogP contribution < -0.4 is 10.6 Å². The molecule has 0 saturated carbocycles.